The maximum Gasteiger partial charge on any atom is 0.260 e. The lowest BCUT2D eigenvalue weighted by Gasteiger charge is -2.32. The standard InChI is InChI=1S/C14H20N2O3/c1-3-12-9-16(6-7-18-12)14(17)10-19-13-5-4-11(2)15-8-13/h4-5,8,12H,3,6-7,9-10H2,1-2H3/t12-/m1/s1. The van der Waals surface area contributed by atoms with Crippen LogP contribution in [-0.2, 0) is 9.53 Å². The largest absolute Gasteiger partial charge is 0.482 e. The average Bonchev–Trinajstić information content (AvgIpc) is 2.46. The number of carbonyl (C=O) groups is 1. The summed E-state index contributed by atoms with van der Waals surface area (Å²) in [4.78, 5) is 18.0. The molecular weight excluding hydrogens is 244 g/mol. The third kappa shape index (κ3) is 3.92. The number of nitrogens with zero attached hydrogens (tertiary/aromatic N) is 2. The number of ether oxygens (including phenoxy) is 2. The first-order valence-corrected chi connectivity index (χ1v) is 6.64. The summed E-state index contributed by atoms with van der Waals surface area (Å²) >= 11 is 0. The molecule has 0 spiro atoms. The molecule has 0 aliphatic carbocycles. The van der Waals surface area contributed by atoms with Gasteiger partial charge in [0.05, 0.1) is 18.9 Å². The Kier molecular flexibility index (Phi) is 4.74. The molecule has 2 heterocycles. The molecule has 104 valence electrons. The number of pyridine rings is 1. The van der Waals surface area contributed by atoms with Crippen molar-refractivity contribution in [2.75, 3.05) is 26.3 Å². The van der Waals surface area contributed by atoms with Gasteiger partial charge in [0.2, 0.25) is 0 Å². The van der Waals surface area contributed by atoms with E-state index in [0.29, 0.717) is 25.4 Å². The summed E-state index contributed by atoms with van der Waals surface area (Å²) in [7, 11) is 0. The summed E-state index contributed by atoms with van der Waals surface area (Å²) in [6.45, 7) is 5.94. The molecule has 0 radical (unpaired) electrons. The van der Waals surface area contributed by atoms with Crippen LogP contribution in [0.15, 0.2) is 18.3 Å². The summed E-state index contributed by atoms with van der Waals surface area (Å²) in [6.07, 6.45) is 2.71. The number of carbonyl (C=O) groups excluding carboxylic acids is 1. The topological polar surface area (TPSA) is 51.7 Å². The fraction of sp³-hybridized carbons (Fsp3) is 0.571. The Labute approximate surface area is 113 Å². The van der Waals surface area contributed by atoms with Gasteiger partial charge in [0.1, 0.15) is 5.75 Å². The van der Waals surface area contributed by atoms with Crippen molar-refractivity contribution in [2.24, 2.45) is 0 Å². The zero-order valence-corrected chi connectivity index (χ0v) is 11.5. The summed E-state index contributed by atoms with van der Waals surface area (Å²) < 4.78 is 11.0. The van der Waals surface area contributed by atoms with Crippen LogP contribution in [0.4, 0.5) is 0 Å². The molecule has 1 aliphatic rings. The van der Waals surface area contributed by atoms with Crippen molar-refractivity contribution >= 4 is 5.91 Å². The lowest BCUT2D eigenvalue weighted by molar-refractivity contribution is -0.141. The van der Waals surface area contributed by atoms with E-state index in [0.717, 1.165) is 12.1 Å². The van der Waals surface area contributed by atoms with Crippen LogP contribution >= 0.6 is 0 Å². The van der Waals surface area contributed by atoms with Gasteiger partial charge in [0.15, 0.2) is 6.61 Å². The molecule has 1 aliphatic heterocycles. The van der Waals surface area contributed by atoms with Crippen molar-refractivity contribution in [2.45, 2.75) is 26.4 Å². The highest BCUT2D eigenvalue weighted by Gasteiger charge is 2.23. The summed E-state index contributed by atoms with van der Waals surface area (Å²) in [6, 6.07) is 3.69. The summed E-state index contributed by atoms with van der Waals surface area (Å²) in [5.74, 6) is 0.626. The van der Waals surface area contributed by atoms with Gasteiger partial charge >= 0.3 is 0 Å². The second-order valence-electron chi connectivity index (χ2n) is 4.66. The van der Waals surface area contributed by atoms with Gasteiger partial charge in [-0.2, -0.15) is 0 Å². The molecule has 0 saturated carbocycles. The van der Waals surface area contributed by atoms with E-state index >= 15 is 0 Å². The molecule has 0 bridgehead atoms. The predicted octanol–water partition coefficient (Wildman–Crippen LogP) is 1.41. The Balaban J connectivity index is 1.82. The van der Waals surface area contributed by atoms with Gasteiger partial charge in [-0.15, -0.1) is 0 Å². The number of amides is 1. The van der Waals surface area contributed by atoms with Crippen LogP contribution in [0.25, 0.3) is 0 Å². The number of morpholine rings is 1. The van der Waals surface area contributed by atoms with Crippen LogP contribution in [0, 0.1) is 6.92 Å². The molecule has 19 heavy (non-hydrogen) atoms. The summed E-state index contributed by atoms with van der Waals surface area (Å²) in [5.41, 5.74) is 0.928. The smallest absolute Gasteiger partial charge is 0.260 e. The van der Waals surface area contributed by atoms with Gasteiger partial charge in [-0.05, 0) is 25.5 Å². The minimum atomic E-state index is 0.00215. The van der Waals surface area contributed by atoms with E-state index in [2.05, 4.69) is 11.9 Å². The van der Waals surface area contributed by atoms with Crippen molar-refractivity contribution < 1.29 is 14.3 Å². The Morgan fingerprint density at radius 2 is 2.42 bits per heavy atom. The molecule has 0 aromatic carbocycles. The van der Waals surface area contributed by atoms with Crippen molar-refractivity contribution in [1.29, 1.82) is 0 Å². The van der Waals surface area contributed by atoms with Crippen LogP contribution in [0.5, 0.6) is 5.75 Å². The van der Waals surface area contributed by atoms with E-state index in [1.807, 2.05) is 19.1 Å². The molecule has 1 fully saturated rings. The van der Waals surface area contributed by atoms with E-state index in [9.17, 15) is 4.79 Å². The van der Waals surface area contributed by atoms with E-state index < -0.39 is 0 Å². The van der Waals surface area contributed by atoms with Crippen molar-refractivity contribution in [3.8, 4) is 5.75 Å². The normalized spacial score (nSPS) is 19.3. The lowest BCUT2D eigenvalue weighted by atomic mass is 10.2. The number of aromatic nitrogens is 1. The second-order valence-corrected chi connectivity index (χ2v) is 4.66. The van der Waals surface area contributed by atoms with Crippen LogP contribution in [0.3, 0.4) is 0 Å². The third-order valence-electron chi connectivity index (χ3n) is 3.19. The fourth-order valence-corrected chi connectivity index (χ4v) is 1.97. The first-order chi connectivity index (χ1) is 9.19. The zero-order chi connectivity index (χ0) is 13.7. The molecule has 1 aromatic rings. The van der Waals surface area contributed by atoms with Crippen LogP contribution < -0.4 is 4.74 Å². The van der Waals surface area contributed by atoms with E-state index in [-0.39, 0.29) is 18.6 Å². The van der Waals surface area contributed by atoms with Gasteiger partial charge < -0.3 is 14.4 Å². The first kappa shape index (κ1) is 13.8. The molecule has 1 atom stereocenters. The minimum Gasteiger partial charge on any atom is -0.482 e. The van der Waals surface area contributed by atoms with Crippen molar-refractivity contribution in [3.63, 3.8) is 0 Å². The number of rotatable bonds is 4. The molecule has 0 unspecified atom stereocenters. The average molecular weight is 264 g/mol. The predicted molar refractivity (Wildman–Crippen MR) is 71.1 cm³/mol. The van der Waals surface area contributed by atoms with E-state index in [1.54, 1.807) is 11.1 Å². The van der Waals surface area contributed by atoms with Crippen LogP contribution in [0.2, 0.25) is 0 Å². The molecule has 1 saturated heterocycles. The monoisotopic (exact) mass is 264 g/mol. The number of hydrogen-bond acceptors (Lipinski definition) is 4. The molecule has 5 heteroatoms. The van der Waals surface area contributed by atoms with Crippen LogP contribution in [-0.4, -0.2) is 48.2 Å². The SMILES string of the molecule is CC[C@@H]1CN(C(=O)COc2ccc(C)nc2)CCO1. The van der Waals surface area contributed by atoms with Gasteiger partial charge in [-0.3, -0.25) is 9.78 Å². The highest BCUT2D eigenvalue weighted by atomic mass is 16.5. The van der Waals surface area contributed by atoms with Crippen LogP contribution in [0.1, 0.15) is 19.0 Å². The third-order valence-corrected chi connectivity index (χ3v) is 3.19. The first-order valence-electron chi connectivity index (χ1n) is 6.64. The Hall–Kier alpha value is -1.62. The van der Waals surface area contributed by atoms with Gasteiger partial charge in [0, 0.05) is 18.8 Å². The second kappa shape index (κ2) is 6.52. The minimum absolute atomic E-state index is 0.00215. The maximum absolute atomic E-state index is 12.0. The number of hydrogen-bond donors (Lipinski definition) is 0. The molecule has 2 rings (SSSR count). The zero-order valence-electron chi connectivity index (χ0n) is 11.5. The summed E-state index contributed by atoms with van der Waals surface area (Å²) in [5, 5.41) is 0. The highest BCUT2D eigenvalue weighted by molar-refractivity contribution is 5.77. The van der Waals surface area contributed by atoms with Crippen molar-refractivity contribution in [1.82, 2.24) is 9.88 Å². The molecule has 1 amide bonds. The Morgan fingerprint density at radius 1 is 1.58 bits per heavy atom. The van der Waals surface area contributed by atoms with Crippen molar-refractivity contribution in [3.05, 3.63) is 24.0 Å². The highest BCUT2D eigenvalue weighted by Crippen LogP contribution is 2.11. The quantitative estimate of drug-likeness (QED) is 0.825. The van der Waals surface area contributed by atoms with Gasteiger partial charge in [-0.1, -0.05) is 6.92 Å². The van der Waals surface area contributed by atoms with E-state index in [1.165, 1.54) is 0 Å². The fourth-order valence-electron chi connectivity index (χ4n) is 1.97. The Bertz CT molecular complexity index is 419. The lowest BCUT2D eigenvalue weighted by Crippen LogP contribution is -2.47. The molecule has 5 nitrogen and oxygen atoms in total. The maximum atomic E-state index is 12.0. The van der Waals surface area contributed by atoms with Gasteiger partial charge in [0.25, 0.3) is 5.91 Å². The Morgan fingerprint density at radius 3 is 3.11 bits per heavy atom. The number of aryl methyl sites for hydroxylation is 1. The molecule has 1 aromatic heterocycles. The van der Waals surface area contributed by atoms with Gasteiger partial charge in [-0.25, -0.2) is 0 Å². The molecule has 0 N–H and O–H groups in total. The van der Waals surface area contributed by atoms with E-state index in [4.69, 9.17) is 9.47 Å². The molecular formula is C14H20N2O3.